The van der Waals surface area contributed by atoms with Gasteiger partial charge in [-0.05, 0) is 18.4 Å². The Morgan fingerprint density at radius 1 is 1.16 bits per heavy atom. The van der Waals surface area contributed by atoms with E-state index in [9.17, 15) is 0 Å². The second kappa shape index (κ2) is 5.47. The van der Waals surface area contributed by atoms with Crippen LogP contribution in [0.3, 0.4) is 0 Å². The number of aromatic nitrogens is 2. The second-order valence-electron chi connectivity index (χ2n) is 6.02. The van der Waals surface area contributed by atoms with Crippen molar-refractivity contribution in [1.82, 2.24) is 9.78 Å². The molecule has 0 fully saturated rings. The van der Waals surface area contributed by atoms with Crippen LogP contribution in [0.5, 0.6) is 0 Å². The Morgan fingerprint density at radius 3 is 2.42 bits per heavy atom. The van der Waals surface area contributed by atoms with Gasteiger partial charge < -0.3 is 5.73 Å². The minimum absolute atomic E-state index is 0.0544. The van der Waals surface area contributed by atoms with Crippen LogP contribution < -0.4 is 5.73 Å². The highest BCUT2D eigenvalue weighted by Crippen LogP contribution is 2.22. The van der Waals surface area contributed by atoms with Gasteiger partial charge in [-0.25, -0.2) is 4.68 Å². The third-order valence-corrected chi connectivity index (χ3v) is 3.26. The molecular formula is C16H23N3. The fourth-order valence-electron chi connectivity index (χ4n) is 2.05. The Bertz CT molecular complexity index is 521. The molecule has 3 heteroatoms. The van der Waals surface area contributed by atoms with E-state index < -0.39 is 0 Å². The van der Waals surface area contributed by atoms with Crippen molar-refractivity contribution in [2.45, 2.75) is 45.6 Å². The van der Waals surface area contributed by atoms with Crippen LogP contribution in [0.4, 0.5) is 5.82 Å². The van der Waals surface area contributed by atoms with Gasteiger partial charge in [0.2, 0.25) is 0 Å². The Hall–Kier alpha value is -1.77. The molecule has 0 bridgehead atoms. The predicted molar refractivity (Wildman–Crippen MR) is 80.1 cm³/mol. The molecule has 19 heavy (non-hydrogen) atoms. The molecular weight excluding hydrogens is 234 g/mol. The number of anilines is 1. The molecule has 0 aliphatic heterocycles. The molecule has 0 radical (unpaired) electrons. The smallest absolute Gasteiger partial charge is 0.121 e. The fraction of sp³-hybridized carbons (Fsp3) is 0.438. The summed E-state index contributed by atoms with van der Waals surface area (Å²) in [6.07, 6.45) is 2.12. The van der Waals surface area contributed by atoms with Gasteiger partial charge in [-0.1, -0.05) is 51.1 Å². The Kier molecular flexibility index (Phi) is 3.93. The van der Waals surface area contributed by atoms with Crippen LogP contribution in [0.1, 0.15) is 38.4 Å². The standard InChI is InChI=1S/C16H23N3/c1-16(2,3)14-12-15(17)19(18-14)11-7-10-13-8-5-4-6-9-13/h4-6,8-9,12H,7,10-11,17H2,1-3H3. The number of benzene rings is 1. The van der Waals surface area contributed by atoms with Crippen LogP contribution in [0.25, 0.3) is 0 Å². The summed E-state index contributed by atoms with van der Waals surface area (Å²) in [7, 11) is 0. The molecule has 0 aliphatic rings. The van der Waals surface area contributed by atoms with Crippen LogP contribution in [0.15, 0.2) is 36.4 Å². The Morgan fingerprint density at radius 2 is 1.84 bits per heavy atom. The van der Waals surface area contributed by atoms with Gasteiger partial charge in [0, 0.05) is 18.0 Å². The summed E-state index contributed by atoms with van der Waals surface area (Å²) in [5.41, 5.74) is 8.50. The minimum Gasteiger partial charge on any atom is -0.384 e. The molecule has 0 aliphatic carbocycles. The molecule has 1 aromatic carbocycles. The van der Waals surface area contributed by atoms with Crippen LogP contribution in [0.2, 0.25) is 0 Å². The maximum absolute atomic E-state index is 6.02. The van der Waals surface area contributed by atoms with Crippen molar-refractivity contribution in [2.75, 3.05) is 5.73 Å². The summed E-state index contributed by atoms with van der Waals surface area (Å²) in [6, 6.07) is 12.5. The summed E-state index contributed by atoms with van der Waals surface area (Å²) < 4.78 is 1.92. The van der Waals surface area contributed by atoms with E-state index in [0.717, 1.165) is 30.9 Å². The summed E-state index contributed by atoms with van der Waals surface area (Å²) in [5.74, 6) is 0.762. The molecule has 102 valence electrons. The van der Waals surface area contributed by atoms with E-state index in [1.807, 2.05) is 16.8 Å². The molecule has 3 nitrogen and oxygen atoms in total. The van der Waals surface area contributed by atoms with E-state index in [1.165, 1.54) is 5.56 Å². The lowest BCUT2D eigenvalue weighted by Crippen LogP contribution is -2.13. The lowest BCUT2D eigenvalue weighted by atomic mass is 9.92. The van der Waals surface area contributed by atoms with E-state index in [2.05, 4.69) is 50.1 Å². The van der Waals surface area contributed by atoms with Gasteiger partial charge in [-0.3, -0.25) is 0 Å². The molecule has 1 heterocycles. The predicted octanol–water partition coefficient (Wildman–Crippen LogP) is 3.40. The zero-order valence-electron chi connectivity index (χ0n) is 12.1. The maximum atomic E-state index is 6.02. The lowest BCUT2D eigenvalue weighted by molar-refractivity contribution is 0.524. The number of hydrogen-bond donors (Lipinski definition) is 1. The van der Waals surface area contributed by atoms with Crippen molar-refractivity contribution in [3.8, 4) is 0 Å². The molecule has 0 saturated carbocycles. The topological polar surface area (TPSA) is 43.8 Å². The Balaban J connectivity index is 1.95. The highest BCUT2D eigenvalue weighted by molar-refractivity contribution is 5.33. The number of nitrogens with zero attached hydrogens (tertiary/aromatic N) is 2. The number of rotatable bonds is 4. The summed E-state index contributed by atoms with van der Waals surface area (Å²) in [4.78, 5) is 0. The van der Waals surface area contributed by atoms with Crippen molar-refractivity contribution in [2.24, 2.45) is 0 Å². The summed E-state index contributed by atoms with van der Waals surface area (Å²) >= 11 is 0. The maximum Gasteiger partial charge on any atom is 0.121 e. The number of hydrogen-bond acceptors (Lipinski definition) is 2. The number of nitrogens with two attached hydrogens (primary N) is 1. The molecule has 0 amide bonds. The van der Waals surface area contributed by atoms with Gasteiger partial charge in [0.25, 0.3) is 0 Å². The minimum atomic E-state index is 0.0544. The van der Waals surface area contributed by atoms with E-state index in [4.69, 9.17) is 5.73 Å². The average molecular weight is 257 g/mol. The average Bonchev–Trinajstić information content (AvgIpc) is 2.72. The monoisotopic (exact) mass is 257 g/mol. The van der Waals surface area contributed by atoms with Crippen molar-refractivity contribution in [1.29, 1.82) is 0 Å². The van der Waals surface area contributed by atoms with Crippen molar-refractivity contribution < 1.29 is 0 Å². The van der Waals surface area contributed by atoms with Crippen LogP contribution in [-0.2, 0) is 18.4 Å². The van der Waals surface area contributed by atoms with E-state index in [0.29, 0.717) is 0 Å². The third kappa shape index (κ3) is 3.60. The van der Waals surface area contributed by atoms with Crippen molar-refractivity contribution in [3.05, 3.63) is 47.7 Å². The first kappa shape index (κ1) is 13.7. The first-order chi connectivity index (χ1) is 8.97. The molecule has 1 aromatic heterocycles. The molecule has 2 rings (SSSR count). The van der Waals surface area contributed by atoms with Crippen LogP contribution in [-0.4, -0.2) is 9.78 Å². The fourth-order valence-corrected chi connectivity index (χ4v) is 2.05. The van der Waals surface area contributed by atoms with Crippen molar-refractivity contribution >= 4 is 5.82 Å². The van der Waals surface area contributed by atoms with E-state index in [1.54, 1.807) is 0 Å². The first-order valence-corrected chi connectivity index (χ1v) is 6.84. The van der Waals surface area contributed by atoms with Gasteiger partial charge in [0.1, 0.15) is 5.82 Å². The molecule has 2 aromatic rings. The van der Waals surface area contributed by atoms with Crippen molar-refractivity contribution in [3.63, 3.8) is 0 Å². The van der Waals surface area contributed by atoms with Gasteiger partial charge >= 0.3 is 0 Å². The largest absolute Gasteiger partial charge is 0.384 e. The number of aryl methyl sites for hydroxylation is 2. The third-order valence-electron chi connectivity index (χ3n) is 3.26. The van der Waals surface area contributed by atoms with Gasteiger partial charge in [0.05, 0.1) is 5.69 Å². The molecule has 0 spiro atoms. The van der Waals surface area contributed by atoms with E-state index >= 15 is 0 Å². The summed E-state index contributed by atoms with van der Waals surface area (Å²) in [6.45, 7) is 7.34. The molecule has 2 N–H and O–H groups in total. The highest BCUT2D eigenvalue weighted by Gasteiger charge is 2.18. The quantitative estimate of drug-likeness (QED) is 0.912. The zero-order valence-corrected chi connectivity index (χ0v) is 12.1. The normalized spacial score (nSPS) is 11.7. The molecule has 0 unspecified atom stereocenters. The zero-order chi connectivity index (χ0) is 13.9. The Labute approximate surface area is 115 Å². The second-order valence-corrected chi connectivity index (χ2v) is 6.02. The highest BCUT2D eigenvalue weighted by atomic mass is 15.3. The van der Waals surface area contributed by atoms with Crippen LogP contribution in [0, 0.1) is 0 Å². The summed E-state index contributed by atoms with van der Waals surface area (Å²) in [5, 5.41) is 4.60. The van der Waals surface area contributed by atoms with E-state index in [-0.39, 0.29) is 5.41 Å². The SMILES string of the molecule is CC(C)(C)c1cc(N)n(CCCc2ccccc2)n1. The lowest BCUT2D eigenvalue weighted by Gasteiger charge is -2.14. The molecule has 0 atom stereocenters. The van der Waals surface area contributed by atoms with Gasteiger partial charge in [0.15, 0.2) is 0 Å². The van der Waals surface area contributed by atoms with Gasteiger partial charge in [-0.2, -0.15) is 5.10 Å². The molecule has 0 saturated heterocycles. The number of nitrogen functional groups attached to an aromatic ring is 1. The van der Waals surface area contributed by atoms with Crippen LogP contribution >= 0.6 is 0 Å². The van der Waals surface area contributed by atoms with Gasteiger partial charge in [-0.15, -0.1) is 0 Å². The first-order valence-electron chi connectivity index (χ1n) is 6.84.